The number of hydrogen-bond acceptors (Lipinski definition) is 4. The first-order chi connectivity index (χ1) is 8.09. The van der Waals surface area contributed by atoms with Crippen LogP contribution >= 0.6 is 11.3 Å². The number of aliphatic hydroxyl groups excluding tert-OH is 1. The maximum atomic E-state index is 9.53. The standard InChI is InChI=1S/C13H17NO2S/c1-9(15)10(2)16-13(8-14)6-3-4-12-11(13)5-7-17-12/h5,7,9-10,15H,3-4,6H2,1-2H3. The summed E-state index contributed by atoms with van der Waals surface area (Å²) in [6.07, 6.45) is 1.81. The maximum Gasteiger partial charge on any atom is 0.181 e. The summed E-state index contributed by atoms with van der Waals surface area (Å²) in [4.78, 5) is 1.25. The second-order valence-electron chi connectivity index (χ2n) is 4.61. The van der Waals surface area contributed by atoms with Crippen LogP contribution in [0.2, 0.25) is 0 Å². The van der Waals surface area contributed by atoms with Crippen molar-refractivity contribution in [3.05, 3.63) is 21.9 Å². The lowest BCUT2D eigenvalue weighted by molar-refractivity contribution is -0.106. The normalized spacial score (nSPS) is 26.9. The number of fused-ring (bicyclic) bond motifs is 1. The molecule has 17 heavy (non-hydrogen) atoms. The van der Waals surface area contributed by atoms with Gasteiger partial charge in [0.25, 0.3) is 0 Å². The van der Waals surface area contributed by atoms with Crippen LogP contribution in [0.3, 0.4) is 0 Å². The lowest BCUT2D eigenvalue weighted by Gasteiger charge is -2.34. The minimum absolute atomic E-state index is 0.333. The van der Waals surface area contributed by atoms with Crippen LogP contribution in [0.4, 0.5) is 0 Å². The van der Waals surface area contributed by atoms with Gasteiger partial charge >= 0.3 is 0 Å². The molecule has 1 aromatic heterocycles. The molecule has 0 saturated carbocycles. The smallest absolute Gasteiger partial charge is 0.181 e. The number of aryl methyl sites for hydroxylation is 1. The van der Waals surface area contributed by atoms with Gasteiger partial charge in [0.1, 0.15) is 6.07 Å². The number of aliphatic hydroxyl groups is 1. The van der Waals surface area contributed by atoms with Crippen molar-refractivity contribution in [1.29, 1.82) is 5.26 Å². The quantitative estimate of drug-likeness (QED) is 0.898. The Balaban J connectivity index is 2.31. The molecular weight excluding hydrogens is 234 g/mol. The van der Waals surface area contributed by atoms with E-state index in [1.165, 1.54) is 4.88 Å². The van der Waals surface area contributed by atoms with Crippen molar-refractivity contribution in [3.63, 3.8) is 0 Å². The Hall–Kier alpha value is -0.890. The van der Waals surface area contributed by atoms with Gasteiger partial charge in [0, 0.05) is 10.4 Å². The van der Waals surface area contributed by atoms with Crippen LogP contribution in [-0.2, 0) is 16.8 Å². The van der Waals surface area contributed by atoms with Gasteiger partial charge in [-0.15, -0.1) is 11.3 Å². The Morgan fingerprint density at radius 2 is 2.35 bits per heavy atom. The van der Waals surface area contributed by atoms with Crippen LogP contribution in [0.15, 0.2) is 11.4 Å². The van der Waals surface area contributed by atoms with Crippen molar-refractivity contribution in [2.24, 2.45) is 0 Å². The fraction of sp³-hybridized carbons (Fsp3) is 0.615. The largest absolute Gasteiger partial charge is 0.391 e. The summed E-state index contributed by atoms with van der Waals surface area (Å²) >= 11 is 1.68. The summed E-state index contributed by atoms with van der Waals surface area (Å²) in [6, 6.07) is 4.30. The highest BCUT2D eigenvalue weighted by Gasteiger charge is 2.40. The van der Waals surface area contributed by atoms with E-state index in [9.17, 15) is 10.4 Å². The number of ether oxygens (including phenoxy) is 1. The molecule has 4 heteroatoms. The fourth-order valence-corrected chi connectivity index (χ4v) is 3.20. The number of nitrogens with zero attached hydrogens (tertiary/aromatic N) is 1. The SMILES string of the molecule is CC(O)C(C)OC1(C#N)CCCc2sccc21. The van der Waals surface area contributed by atoms with E-state index in [1.54, 1.807) is 18.3 Å². The number of thiophene rings is 1. The molecule has 1 heterocycles. The van der Waals surface area contributed by atoms with E-state index in [4.69, 9.17) is 4.74 Å². The summed E-state index contributed by atoms with van der Waals surface area (Å²) in [6.45, 7) is 3.50. The molecule has 0 saturated heterocycles. The third-order valence-corrected chi connectivity index (χ3v) is 4.34. The molecule has 92 valence electrons. The van der Waals surface area contributed by atoms with Gasteiger partial charge in [-0.05, 0) is 44.6 Å². The van der Waals surface area contributed by atoms with E-state index in [2.05, 4.69) is 6.07 Å². The van der Waals surface area contributed by atoms with E-state index in [-0.39, 0.29) is 6.10 Å². The zero-order valence-electron chi connectivity index (χ0n) is 10.1. The Kier molecular flexibility index (Phi) is 3.53. The molecule has 0 amide bonds. The molecule has 0 aliphatic heterocycles. The minimum Gasteiger partial charge on any atom is -0.391 e. The third-order valence-electron chi connectivity index (χ3n) is 3.36. The van der Waals surface area contributed by atoms with Crippen molar-refractivity contribution >= 4 is 11.3 Å². The van der Waals surface area contributed by atoms with E-state index < -0.39 is 11.7 Å². The summed E-state index contributed by atoms with van der Waals surface area (Å²) in [5.74, 6) is 0. The molecule has 1 aliphatic rings. The van der Waals surface area contributed by atoms with Gasteiger partial charge in [-0.2, -0.15) is 5.26 Å². The topological polar surface area (TPSA) is 53.2 Å². The molecule has 0 bridgehead atoms. The minimum atomic E-state index is -0.857. The predicted molar refractivity (Wildman–Crippen MR) is 66.8 cm³/mol. The monoisotopic (exact) mass is 251 g/mol. The van der Waals surface area contributed by atoms with E-state index >= 15 is 0 Å². The van der Waals surface area contributed by atoms with Gasteiger partial charge in [-0.3, -0.25) is 0 Å². The van der Waals surface area contributed by atoms with Crippen LogP contribution in [0.1, 0.15) is 37.1 Å². The molecule has 1 N–H and O–H groups in total. The van der Waals surface area contributed by atoms with Gasteiger partial charge in [0.15, 0.2) is 5.60 Å². The Labute approximate surface area is 106 Å². The van der Waals surface area contributed by atoms with Crippen molar-refractivity contribution in [2.45, 2.75) is 50.9 Å². The molecule has 1 aliphatic carbocycles. The summed E-state index contributed by atoms with van der Waals surface area (Å²) in [5.41, 5.74) is 0.146. The second-order valence-corrected chi connectivity index (χ2v) is 5.61. The van der Waals surface area contributed by atoms with Crippen LogP contribution < -0.4 is 0 Å². The number of nitriles is 1. The van der Waals surface area contributed by atoms with Crippen LogP contribution in [-0.4, -0.2) is 17.3 Å². The molecule has 3 atom stereocenters. The van der Waals surface area contributed by atoms with Gasteiger partial charge < -0.3 is 9.84 Å². The lowest BCUT2D eigenvalue weighted by atomic mass is 9.84. The Bertz CT molecular complexity index is 435. The van der Waals surface area contributed by atoms with E-state index in [0.29, 0.717) is 6.42 Å². The zero-order valence-corrected chi connectivity index (χ0v) is 11.0. The molecule has 0 fully saturated rings. The van der Waals surface area contributed by atoms with E-state index in [0.717, 1.165) is 18.4 Å². The molecule has 1 aromatic rings. The zero-order chi connectivity index (χ0) is 12.5. The number of rotatable bonds is 3. The summed E-state index contributed by atoms with van der Waals surface area (Å²) in [7, 11) is 0. The van der Waals surface area contributed by atoms with Gasteiger partial charge in [0.05, 0.1) is 12.2 Å². The summed E-state index contributed by atoms with van der Waals surface area (Å²) < 4.78 is 5.87. The van der Waals surface area contributed by atoms with Crippen molar-refractivity contribution < 1.29 is 9.84 Å². The molecule has 0 radical (unpaired) electrons. The van der Waals surface area contributed by atoms with Gasteiger partial charge in [0.2, 0.25) is 0 Å². The molecule has 0 aromatic carbocycles. The average molecular weight is 251 g/mol. The first kappa shape index (κ1) is 12.6. The molecule has 3 nitrogen and oxygen atoms in total. The van der Waals surface area contributed by atoms with Gasteiger partial charge in [-0.25, -0.2) is 0 Å². The highest BCUT2D eigenvalue weighted by Crippen LogP contribution is 2.41. The van der Waals surface area contributed by atoms with Crippen molar-refractivity contribution in [3.8, 4) is 6.07 Å². The third kappa shape index (κ3) is 2.23. The van der Waals surface area contributed by atoms with Gasteiger partial charge in [-0.1, -0.05) is 0 Å². The predicted octanol–water partition coefficient (Wildman–Crippen LogP) is 2.59. The van der Waals surface area contributed by atoms with E-state index in [1.807, 2.05) is 18.4 Å². The Morgan fingerprint density at radius 1 is 1.59 bits per heavy atom. The Morgan fingerprint density at radius 3 is 3.00 bits per heavy atom. The molecular formula is C13H17NO2S. The lowest BCUT2D eigenvalue weighted by Crippen LogP contribution is -2.38. The fourth-order valence-electron chi connectivity index (χ4n) is 2.21. The maximum absolute atomic E-state index is 9.53. The number of hydrogen-bond donors (Lipinski definition) is 1. The van der Waals surface area contributed by atoms with Crippen LogP contribution in [0.25, 0.3) is 0 Å². The first-order valence-corrected chi connectivity index (χ1v) is 6.81. The van der Waals surface area contributed by atoms with Crippen LogP contribution in [0, 0.1) is 11.3 Å². The summed E-state index contributed by atoms with van der Waals surface area (Å²) in [5, 5.41) is 21.0. The molecule has 0 spiro atoms. The first-order valence-electron chi connectivity index (χ1n) is 5.93. The van der Waals surface area contributed by atoms with Crippen LogP contribution in [0.5, 0.6) is 0 Å². The van der Waals surface area contributed by atoms with Crippen molar-refractivity contribution in [1.82, 2.24) is 0 Å². The highest BCUT2D eigenvalue weighted by atomic mass is 32.1. The van der Waals surface area contributed by atoms with Crippen molar-refractivity contribution in [2.75, 3.05) is 0 Å². The second kappa shape index (κ2) is 4.77. The average Bonchev–Trinajstić information content (AvgIpc) is 2.78. The molecule has 3 unspecified atom stereocenters. The molecule has 2 rings (SSSR count). The highest BCUT2D eigenvalue weighted by molar-refractivity contribution is 7.10.